The molecular formula is C16H9F6NO. The molecule has 0 aromatic heterocycles. The Balaban J connectivity index is 2.52. The molecule has 8 heteroatoms. The minimum Gasteiger partial charge on any atom is -0.379 e. The topological polar surface area (TPSA) is 24.6 Å². The highest BCUT2D eigenvalue weighted by Crippen LogP contribution is 2.40. The van der Waals surface area contributed by atoms with Crippen LogP contribution in [0, 0.1) is 6.57 Å². The lowest BCUT2D eigenvalue weighted by atomic mass is 9.98. The minimum atomic E-state index is -4.89. The first-order valence-corrected chi connectivity index (χ1v) is 6.48. The molecule has 2 nitrogen and oxygen atoms in total. The second-order valence-electron chi connectivity index (χ2n) is 4.91. The minimum absolute atomic E-state index is 0.00838. The molecule has 0 radical (unpaired) electrons. The molecular weight excluding hydrogens is 336 g/mol. The van der Waals surface area contributed by atoms with Crippen LogP contribution in [-0.2, 0) is 6.18 Å². The molecule has 2 aromatic rings. The van der Waals surface area contributed by atoms with Gasteiger partial charge in [-0.1, -0.05) is 36.4 Å². The van der Waals surface area contributed by atoms with Gasteiger partial charge in [0.2, 0.25) is 0 Å². The van der Waals surface area contributed by atoms with Gasteiger partial charge >= 0.3 is 12.4 Å². The summed E-state index contributed by atoms with van der Waals surface area (Å²) in [5.41, 5.74) is -2.19. The van der Waals surface area contributed by atoms with Crippen LogP contribution < -0.4 is 0 Å². The highest BCUT2D eigenvalue weighted by molar-refractivity contribution is 5.70. The van der Waals surface area contributed by atoms with Crippen LogP contribution in [0.4, 0.5) is 32.0 Å². The molecule has 0 saturated carbocycles. The maximum Gasteiger partial charge on any atom is 0.418 e. The monoisotopic (exact) mass is 345 g/mol. The van der Waals surface area contributed by atoms with Gasteiger partial charge in [0, 0.05) is 0 Å². The predicted molar refractivity (Wildman–Crippen MR) is 74.2 cm³/mol. The van der Waals surface area contributed by atoms with Crippen molar-refractivity contribution >= 4 is 5.69 Å². The van der Waals surface area contributed by atoms with Crippen LogP contribution in [-0.4, -0.2) is 11.3 Å². The fraction of sp³-hybridized carbons (Fsp3) is 0.188. The summed E-state index contributed by atoms with van der Waals surface area (Å²) in [5, 5.41) is 9.25. The number of benzene rings is 2. The Bertz CT molecular complexity index is 788. The third-order valence-electron chi connectivity index (χ3n) is 3.27. The molecule has 0 amide bonds. The molecule has 1 unspecified atom stereocenters. The number of aliphatic hydroxyl groups excluding tert-OH is 1. The smallest absolute Gasteiger partial charge is 0.379 e. The van der Waals surface area contributed by atoms with Crippen molar-refractivity contribution in [2.75, 3.05) is 0 Å². The van der Waals surface area contributed by atoms with Crippen LogP contribution in [0.1, 0.15) is 17.2 Å². The molecule has 2 rings (SSSR count). The van der Waals surface area contributed by atoms with Crippen molar-refractivity contribution in [2.45, 2.75) is 18.5 Å². The summed E-state index contributed by atoms with van der Waals surface area (Å²) in [7, 11) is 0. The van der Waals surface area contributed by atoms with Gasteiger partial charge in [-0.05, 0) is 22.8 Å². The third kappa shape index (κ3) is 3.68. The second-order valence-corrected chi connectivity index (χ2v) is 4.91. The van der Waals surface area contributed by atoms with E-state index in [2.05, 4.69) is 4.85 Å². The quantitative estimate of drug-likeness (QED) is 0.563. The van der Waals surface area contributed by atoms with Gasteiger partial charge in [-0.3, -0.25) is 0 Å². The normalized spacial score (nSPS) is 13.4. The van der Waals surface area contributed by atoms with E-state index in [4.69, 9.17) is 6.57 Å². The van der Waals surface area contributed by atoms with Gasteiger partial charge in [-0.25, -0.2) is 4.85 Å². The zero-order valence-electron chi connectivity index (χ0n) is 11.8. The number of nitrogens with zero attached hydrogens (tertiary/aromatic N) is 1. The number of aliphatic hydroxyl groups is 1. The molecule has 24 heavy (non-hydrogen) atoms. The van der Waals surface area contributed by atoms with E-state index in [1.54, 1.807) is 0 Å². The van der Waals surface area contributed by atoms with Gasteiger partial charge in [-0.2, -0.15) is 26.3 Å². The molecule has 0 aliphatic rings. The largest absolute Gasteiger partial charge is 0.418 e. The van der Waals surface area contributed by atoms with Crippen LogP contribution >= 0.6 is 0 Å². The van der Waals surface area contributed by atoms with E-state index in [0.717, 1.165) is 18.2 Å². The Morgan fingerprint density at radius 1 is 0.917 bits per heavy atom. The van der Waals surface area contributed by atoms with Crippen molar-refractivity contribution in [1.29, 1.82) is 0 Å². The fourth-order valence-electron chi connectivity index (χ4n) is 2.12. The molecule has 2 aromatic carbocycles. The molecule has 0 heterocycles. The summed E-state index contributed by atoms with van der Waals surface area (Å²) >= 11 is 0. The lowest BCUT2D eigenvalue weighted by Crippen LogP contribution is -2.20. The van der Waals surface area contributed by atoms with E-state index in [9.17, 15) is 31.4 Å². The van der Waals surface area contributed by atoms with E-state index >= 15 is 0 Å². The highest BCUT2D eigenvalue weighted by atomic mass is 19.4. The highest BCUT2D eigenvalue weighted by Gasteiger charge is 2.39. The summed E-state index contributed by atoms with van der Waals surface area (Å²) in [5.74, 6) is 0. The van der Waals surface area contributed by atoms with Gasteiger partial charge in [0.25, 0.3) is 0 Å². The number of hydrogen-bond acceptors (Lipinski definition) is 1. The van der Waals surface area contributed by atoms with Crippen LogP contribution in [0.2, 0.25) is 0 Å². The maximum absolute atomic E-state index is 13.0. The van der Waals surface area contributed by atoms with E-state index < -0.39 is 35.3 Å². The molecule has 1 atom stereocenters. The van der Waals surface area contributed by atoms with E-state index in [1.807, 2.05) is 0 Å². The maximum atomic E-state index is 13.0. The molecule has 0 spiro atoms. The van der Waals surface area contributed by atoms with Crippen LogP contribution in [0.5, 0.6) is 0 Å². The SMILES string of the molecule is [C-]#[N+]c1ccc(-c2cccc(C(O)C(F)(F)F)c2)cc1C(F)(F)F. The predicted octanol–water partition coefficient (Wildman–Crippen LogP) is 5.52. The summed E-state index contributed by atoms with van der Waals surface area (Å²) in [4.78, 5) is 2.79. The first-order valence-electron chi connectivity index (χ1n) is 6.48. The van der Waals surface area contributed by atoms with Crippen molar-refractivity contribution in [3.63, 3.8) is 0 Å². The fourth-order valence-corrected chi connectivity index (χ4v) is 2.12. The Morgan fingerprint density at radius 2 is 1.54 bits per heavy atom. The van der Waals surface area contributed by atoms with Crippen molar-refractivity contribution < 1.29 is 31.4 Å². The molecule has 0 saturated heterocycles. The van der Waals surface area contributed by atoms with Gasteiger partial charge < -0.3 is 5.11 Å². The molecule has 1 N–H and O–H groups in total. The van der Waals surface area contributed by atoms with Crippen molar-refractivity contribution in [2.24, 2.45) is 0 Å². The third-order valence-corrected chi connectivity index (χ3v) is 3.27. The van der Waals surface area contributed by atoms with Gasteiger partial charge in [0.05, 0.1) is 12.1 Å². The lowest BCUT2D eigenvalue weighted by molar-refractivity contribution is -0.206. The molecule has 0 fully saturated rings. The molecule has 0 aliphatic carbocycles. The van der Waals surface area contributed by atoms with Crippen LogP contribution in [0.3, 0.4) is 0 Å². The number of halogens is 6. The van der Waals surface area contributed by atoms with Gasteiger partial charge in [0.1, 0.15) is 0 Å². The van der Waals surface area contributed by atoms with Crippen LogP contribution in [0.25, 0.3) is 16.0 Å². The first-order chi connectivity index (χ1) is 11.0. The average Bonchev–Trinajstić information content (AvgIpc) is 2.52. The summed E-state index contributed by atoms with van der Waals surface area (Å²) in [6, 6.07) is 7.38. The Morgan fingerprint density at radius 3 is 2.08 bits per heavy atom. The van der Waals surface area contributed by atoms with E-state index in [0.29, 0.717) is 6.07 Å². The Labute approximate surface area is 132 Å². The standard InChI is InChI=1S/C16H9F6NO/c1-23-13-6-5-10(8-12(13)15(17,18)19)9-3-2-4-11(7-9)14(24)16(20,21)22/h2-8,14,24H. The molecule has 0 aliphatic heterocycles. The van der Waals surface area contributed by atoms with Crippen LogP contribution in [0.15, 0.2) is 42.5 Å². The zero-order chi connectivity index (χ0) is 18.1. The van der Waals surface area contributed by atoms with Gasteiger partial charge in [0.15, 0.2) is 11.8 Å². The molecule has 0 bridgehead atoms. The van der Waals surface area contributed by atoms with Gasteiger partial charge in [-0.15, -0.1) is 0 Å². The van der Waals surface area contributed by atoms with E-state index in [1.165, 1.54) is 18.2 Å². The number of hydrogen-bond donors (Lipinski definition) is 1. The average molecular weight is 345 g/mol. The lowest BCUT2D eigenvalue weighted by Gasteiger charge is -2.16. The Hall–Kier alpha value is -2.53. The first kappa shape index (κ1) is 17.8. The number of rotatable bonds is 2. The van der Waals surface area contributed by atoms with Crippen molar-refractivity contribution in [3.05, 3.63) is 65.0 Å². The summed E-state index contributed by atoms with van der Waals surface area (Å²) < 4.78 is 76.6. The Kier molecular flexibility index (Phi) is 4.58. The van der Waals surface area contributed by atoms with Crippen molar-refractivity contribution in [3.8, 4) is 11.1 Å². The van der Waals surface area contributed by atoms with Crippen molar-refractivity contribution in [1.82, 2.24) is 0 Å². The molecule has 126 valence electrons. The zero-order valence-corrected chi connectivity index (χ0v) is 11.8. The number of alkyl halides is 6. The van der Waals surface area contributed by atoms with E-state index in [-0.39, 0.29) is 11.1 Å². The summed E-state index contributed by atoms with van der Waals surface area (Å²) in [6.45, 7) is 6.77. The second kappa shape index (κ2) is 6.17. The summed E-state index contributed by atoms with van der Waals surface area (Å²) in [6.07, 6.45) is -12.4.